The van der Waals surface area contributed by atoms with Crippen LogP contribution in [-0.2, 0) is 16.1 Å². The molecule has 2 aromatic rings. The van der Waals surface area contributed by atoms with E-state index in [1.54, 1.807) is 19.1 Å². The van der Waals surface area contributed by atoms with E-state index in [0.717, 1.165) is 5.69 Å². The van der Waals surface area contributed by atoms with Gasteiger partial charge in [0.25, 0.3) is 5.95 Å². The fraction of sp³-hybridized carbons (Fsp3) is 0.300. The van der Waals surface area contributed by atoms with Gasteiger partial charge in [0.2, 0.25) is 0 Å². The minimum absolute atomic E-state index is 0.0348. The lowest BCUT2D eigenvalue weighted by Crippen LogP contribution is -2.23. The highest BCUT2D eigenvalue weighted by molar-refractivity contribution is 5.86. The fourth-order valence-corrected chi connectivity index (χ4v) is 2.41. The zero-order valence-corrected chi connectivity index (χ0v) is 16.6. The Morgan fingerprint density at radius 3 is 2.52 bits per heavy atom. The SMILES string of the molecule is C=C(C)C(=O)OCCN(C)c1ccc(N=Nc2nc(C#N)c(C#N)n2CC)cc1. The molecule has 0 N–H and O–H groups in total. The van der Waals surface area contributed by atoms with Crippen molar-refractivity contribution in [3.63, 3.8) is 0 Å². The van der Waals surface area contributed by atoms with Crippen LogP contribution in [0.25, 0.3) is 0 Å². The lowest BCUT2D eigenvalue weighted by molar-refractivity contribution is -0.138. The van der Waals surface area contributed by atoms with Gasteiger partial charge in [-0.25, -0.2) is 4.79 Å². The minimum Gasteiger partial charge on any atom is -0.460 e. The molecule has 0 bridgehead atoms. The molecule has 0 spiro atoms. The van der Waals surface area contributed by atoms with Crippen molar-refractivity contribution in [2.45, 2.75) is 20.4 Å². The van der Waals surface area contributed by atoms with Gasteiger partial charge in [-0.2, -0.15) is 15.5 Å². The molecule has 0 saturated carbocycles. The van der Waals surface area contributed by atoms with Gasteiger partial charge in [0.1, 0.15) is 18.7 Å². The second-order valence-electron chi connectivity index (χ2n) is 6.13. The number of benzene rings is 1. The van der Waals surface area contributed by atoms with Gasteiger partial charge in [0, 0.05) is 24.9 Å². The van der Waals surface area contributed by atoms with Crippen LogP contribution in [-0.4, -0.2) is 35.7 Å². The van der Waals surface area contributed by atoms with Crippen LogP contribution < -0.4 is 4.90 Å². The van der Waals surface area contributed by atoms with Crippen LogP contribution in [0.1, 0.15) is 25.2 Å². The molecule has 0 aliphatic carbocycles. The number of aromatic nitrogens is 2. The summed E-state index contributed by atoms with van der Waals surface area (Å²) >= 11 is 0. The first-order valence-corrected chi connectivity index (χ1v) is 8.87. The summed E-state index contributed by atoms with van der Waals surface area (Å²) < 4.78 is 6.63. The second-order valence-corrected chi connectivity index (χ2v) is 6.13. The number of carbonyl (C=O) groups excluding carboxylic acids is 1. The Labute approximate surface area is 169 Å². The Kier molecular flexibility index (Phi) is 7.21. The molecule has 0 aliphatic rings. The normalized spacial score (nSPS) is 10.4. The van der Waals surface area contributed by atoms with Crippen LogP contribution >= 0.6 is 0 Å². The van der Waals surface area contributed by atoms with Gasteiger partial charge >= 0.3 is 5.97 Å². The van der Waals surface area contributed by atoms with E-state index in [2.05, 4.69) is 21.8 Å². The van der Waals surface area contributed by atoms with Gasteiger partial charge in [-0.1, -0.05) is 6.58 Å². The van der Waals surface area contributed by atoms with E-state index >= 15 is 0 Å². The number of anilines is 1. The summed E-state index contributed by atoms with van der Waals surface area (Å²) in [6, 6.07) is 11.2. The number of likely N-dealkylation sites (N-methyl/N-ethyl adjacent to an activating group) is 1. The predicted molar refractivity (Wildman–Crippen MR) is 107 cm³/mol. The lowest BCUT2D eigenvalue weighted by Gasteiger charge is -2.19. The van der Waals surface area contributed by atoms with Gasteiger partial charge in [-0.05, 0) is 38.1 Å². The monoisotopic (exact) mass is 391 g/mol. The van der Waals surface area contributed by atoms with Crippen LogP contribution in [0.3, 0.4) is 0 Å². The standard InChI is InChI=1S/C20H21N7O2/c1-5-27-18(13-22)17(12-21)23-20(27)25-24-15-6-8-16(9-7-15)26(4)10-11-29-19(28)14(2)3/h6-9H,2,5,10-11H2,1,3-4H3. The van der Waals surface area contributed by atoms with Crippen molar-refractivity contribution >= 4 is 23.3 Å². The van der Waals surface area contributed by atoms with Gasteiger partial charge < -0.3 is 9.64 Å². The zero-order valence-electron chi connectivity index (χ0n) is 16.6. The molecule has 2 rings (SSSR count). The van der Waals surface area contributed by atoms with E-state index in [1.807, 2.05) is 43.1 Å². The lowest BCUT2D eigenvalue weighted by atomic mass is 10.2. The highest BCUT2D eigenvalue weighted by Gasteiger charge is 2.15. The van der Waals surface area contributed by atoms with E-state index in [1.165, 1.54) is 4.57 Å². The van der Waals surface area contributed by atoms with Crippen LogP contribution in [0, 0.1) is 22.7 Å². The summed E-state index contributed by atoms with van der Waals surface area (Å²) in [6.45, 7) is 8.22. The summed E-state index contributed by atoms with van der Waals surface area (Å²) in [7, 11) is 1.88. The van der Waals surface area contributed by atoms with E-state index in [0.29, 0.717) is 24.4 Å². The molecule has 9 heteroatoms. The molecule has 0 unspecified atom stereocenters. The molecular formula is C20H21N7O2. The Morgan fingerprint density at radius 2 is 1.97 bits per heavy atom. The Hall–Kier alpha value is -3.98. The topological polar surface area (TPSA) is 120 Å². The maximum Gasteiger partial charge on any atom is 0.333 e. The molecule has 148 valence electrons. The third-order valence-corrected chi connectivity index (χ3v) is 4.03. The number of nitrogens with zero attached hydrogens (tertiary/aromatic N) is 7. The maximum atomic E-state index is 11.4. The van der Waals surface area contributed by atoms with Crippen molar-refractivity contribution < 1.29 is 9.53 Å². The summed E-state index contributed by atoms with van der Waals surface area (Å²) in [5.74, 6) is -0.195. The third kappa shape index (κ3) is 5.27. The van der Waals surface area contributed by atoms with E-state index in [4.69, 9.17) is 10.00 Å². The van der Waals surface area contributed by atoms with Crippen LogP contribution in [0.2, 0.25) is 0 Å². The fourth-order valence-electron chi connectivity index (χ4n) is 2.41. The molecule has 0 atom stereocenters. The molecule has 1 heterocycles. The molecule has 29 heavy (non-hydrogen) atoms. The van der Waals surface area contributed by atoms with E-state index < -0.39 is 5.97 Å². The van der Waals surface area contributed by atoms with Crippen LogP contribution in [0.15, 0.2) is 46.6 Å². The average molecular weight is 391 g/mol. The molecule has 0 radical (unpaired) electrons. The number of esters is 1. The molecular weight excluding hydrogens is 370 g/mol. The van der Waals surface area contributed by atoms with Gasteiger partial charge in [0.05, 0.1) is 12.2 Å². The molecule has 1 aromatic heterocycles. The number of carbonyl (C=O) groups is 1. The van der Waals surface area contributed by atoms with Gasteiger partial charge in [-0.3, -0.25) is 4.57 Å². The number of rotatable bonds is 8. The molecule has 9 nitrogen and oxygen atoms in total. The third-order valence-electron chi connectivity index (χ3n) is 4.03. The first-order chi connectivity index (χ1) is 13.9. The van der Waals surface area contributed by atoms with Crippen molar-refractivity contribution in [3.05, 3.63) is 47.8 Å². The van der Waals surface area contributed by atoms with Crippen molar-refractivity contribution in [3.8, 4) is 12.1 Å². The smallest absolute Gasteiger partial charge is 0.333 e. The Morgan fingerprint density at radius 1 is 1.28 bits per heavy atom. The summed E-state index contributed by atoms with van der Waals surface area (Å²) in [5.41, 5.74) is 2.10. The number of hydrogen-bond donors (Lipinski definition) is 0. The maximum absolute atomic E-state index is 11.4. The van der Waals surface area contributed by atoms with Gasteiger partial charge in [-0.15, -0.1) is 10.2 Å². The van der Waals surface area contributed by atoms with Crippen molar-refractivity contribution in [2.75, 3.05) is 25.1 Å². The number of ether oxygens (including phenoxy) is 1. The highest BCUT2D eigenvalue weighted by atomic mass is 16.5. The number of hydrogen-bond acceptors (Lipinski definition) is 8. The highest BCUT2D eigenvalue weighted by Crippen LogP contribution is 2.23. The van der Waals surface area contributed by atoms with Crippen molar-refractivity contribution in [2.24, 2.45) is 10.2 Å². The first-order valence-electron chi connectivity index (χ1n) is 8.87. The molecule has 1 aromatic carbocycles. The van der Waals surface area contributed by atoms with Crippen LogP contribution in [0.5, 0.6) is 0 Å². The quantitative estimate of drug-likeness (QED) is 0.385. The molecule has 0 fully saturated rings. The predicted octanol–water partition coefficient (Wildman–Crippen LogP) is 3.62. The van der Waals surface area contributed by atoms with E-state index in [-0.39, 0.29) is 23.9 Å². The molecule has 0 saturated heterocycles. The van der Waals surface area contributed by atoms with Crippen molar-refractivity contribution in [1.82, 2.24) is 9.55 Å². The molecule has 0 amide bonds. The zero-order chi connectivity index (χ0) is 21.4. The number of azo groups is 1. The second kappa shape index (κ2) is 9.81. The summed E-state index contributed by atoms with van der Waals surface area (Å²) in [6.07, 6.45) is 0. The van der Waals surface area contributed by atoms with Crippen molar-refractivity contribution in [1.29, 1.82) is 10.5 Å². The number of imidazole rings is 1. The molecule has 0 aliphatic heterocycles. The summed E-state index contributed by atoms with van der Waals surface area (Å²) in [5, 5.41) is 26.5. The minimum atomic E-state index is -0.404. The largest absolute Gasteiger partial charge is 0.460 e. The Balaban J connectivity index is 2.05. The Bertz CT molecular complexity index is 1010. The van der Waals surface area contributed by atoms with Crippen LogP contribution in [0.4, 0.5) is 17.3 Å². The first kappa shape index (κ1) is 21.3. The summed E-state index contributed by atoms with van der Waals surface area (Å²) in [4.78, 5) is 17.4. The average Bonchev–Trinajstić information content (AvgIpc) is 3.08. The number of nitriles is 2. The van der Waals surface area contributed by atoms with E-state index in [9.17, 15) is 10.1 Å². The van der Waals surface area contributed by atoms with Gasteiger partial charge in [0.15, 0.2) is 11.4 Å².